The zero-order valence-electron chi connectivity index (χ0n) is 14.7. The minimum Gasteiger partial charge on any atom is -0.480 e. The van der Waals surface area contributed by atoms with Crippen LogP contribution in [0.2, 0.25) is 0 Å². The standard InChI is InChI=1S/C21H21NO5/c23-18-10-5-11-22(19(18)20(24)25)21(26)27-12-17-15-8-3-1-6-13(15)14-7-2-4-9-16(14)17/h1-4,6-9,17-19,23H,5,10-12H2,(H,24,25)/t18-,19+/m1/s1. The Labute approximate surface area is 157 Å². The summed E-state index contributed by atoms with van der Waals surface area (Å²) in [5.41, 5.74) is 4.46. The molecule has 2 aromatic rings. The summed E-state index contributed by atoms with van der Waals surface area (Å²) in [5, 5.41) is 19.3. The molecule has 0 bridgehead atoms. The number of fused-ring (bicyclic) bond motifs is 3. The summed E-state index contributed by atoms with van der Waals surface area (Å²) in [6.45, 7) is 0.399. The summed E-state index contributed by atoms with van der Waals surface area (Å²) in [6.07, 6.45) is -0.848. The lowest BCUT2D eigenvalue weighted by atomic mass is 9.98. The third kappa shape index (κ3) is 3.06. The van der Waals surface area contributed by atoms with Crippen LogP contribution in [0.4, 0.5) is 4.79 Å². The summed E-state index contributed by atoms with van der Waals surface area (Å²) < 4.78 is 5.52. The van der Waals surface area contributed by atoms with Crippen molar-refractivity contribution < 1.29 is 24.5 Å². The molecule has 27 heavy (non-hydrogen) atoms. The van der Waals surface area contributed by atoms with E-state index in [1.807, 2.05) is 36.4 Å². The number of carboxylic acid groups (broad SMARTS) is 1. The molecule has 1 saturated heterocycles. The van der Waals surface area contributed by atoms with E-state index in [1.165, 1.54) is 0 Å². The number of carboxylic acids is 1. The molecule has 2 N–H and O–H groups in total. The number of likely N-dealkylation sites (tertiary alicyclic amines) is 1. The SMILES string of the molecule is O=C(O)[C@@H]1[C@H](O)CCCN1C(=O)OCC1c2ccccc2-c2ccccc21. The smallest absolute Gasteiger partial charge is 0.410 e. The Hall–Kier alpha value is -2.86. The number of carbonyl (C=O) groups excluding carboxylic acids is 1. The number of aliphatic hydroxyl groups excluding tert-OH is 1. The second-order valence-electron chi connectivity index (χ2n) is 6.99. The van der Waals surface area contributed by atoms with Gasteiger partial charge in [0, 0.05) is 12.5 Å². The van der Waals surface area contributed by atoms with Gasteiger partial charge in [-0.2, -0.15) is 0 Å². The van der Waals surface area contributed by atoms with Crippen LogP contribution in [-0.2, 0) is 9.53 Å². The predicted molar refractivity (Wildman–Crippen MR) is 98.4 cm³/mol. The third-order valence-electron chi connectivity index (χ3n) is 5.42. The van der Waals surface area contributed by atoms with Crippen molar-refractivity contribution in [3.63, 3.8) is 0 Å². The minimum atomic E-state index is -1.26. The molecule has 1 amide bonds. The zero-order chi connectivity index (χ0) is 19.0. The second kappa shape index (κ2) is 7.04. The fourth-order valence-corrected chi connectivity index (χ4v) is 4.16. The topological polar surface area (TPSA) is 87.1 Å². The number of aliphatic hydroxyl groups is 1. The van der Waals surface area contributed by atoms with Crippen LogP contribution in [0.1, 0.15) is 29.9 Å². The van der Waals surface area contributed by atoms with Crippen molar-refractivity contribution in [3.8, 4) is 11.1 Å². The number of rotatable bonds is 3. The van der Waals surface area contributed by atoms with Gasteiger partial charge in [0.2, 0.25) is 0 Å². The van der Waals surface area contributed by atoms with Crippen molar-refractivity contribution in [1.82, 2.24) is 4.90 Å². The summed E-state index contributed by atoms with van der Waals surface area (Å²) in [5.74, 6) is -1.30. The van der Waals surface area contributed by atoms with E-state index in [9.17, 15) is 19.8 Å². The van der Waals surface area contributed by atoms with Gasteiger partial charge in [0.1, 0.15) is 6.61 Å². The van der Waals surface area contributed by atoms with Gasteiger partial charge in [-0.15, -0.1) is 0 Å². The molecular weight excluding hydrogens is 346 g/mol. The molecule has 2 aliphatic rings. The van der Waals surface area contributed by atoms with Crippen LogP contribution in [-0.4, -0.2) is 52.5 Å². The molecule has 0 radical (unpaired) electrons. The number of carbonyl (C=O) groups is 2. The lowest BCUT2D eigenvalue weighted by Gasteiger charge is -2.35. The van der Waals surface area contributed by atoms with Gasteiger partial charge in [-0.25, -0.2) is 9.59 Å². The first-order chi connectivity index (χ1) is 13.1. The highest BCUT2D eigenvalue weighted by molar-refractivity contribution is 5.81. The molecule has 140 valence electrons. The number of aliphatic carboxylic acids is 1. The molecular formula is C21H21NO5. The molecule has 6 heteroatoms. The van der Waals surface area contributed by atoms with Crippen LogP contribution in [0.3, 0.4) is 0 Å². The van der Waals surface area contributed by atoms with Gasteiger partial charge >= 0.3 is 12.1 Å². The normalized spacial score (nSPS) is 21.4. The van der Waals surface area contributed by atoms with Crippen molar-refractivity contribution in [2.24, 2.45) is 0 Å². The van der Waals surface area contributed by atoms with E-state index in [4.69, 9.17) is 4.74 Å². The van der Waals surface area contributed by atoms with Crippen LogP contribution in [0.5, 0.6) is 0 Å². The molecule has 2 aromatic carbocycles. The molecule has 1 fully saturated rings. The first kappa shape index (κ1) is 17.5. The van der Waals surface area contributed by atoms with Gasteiger partial charge in [0.15, 0.2) is 6.04 Å². The molecule has 1 aliphatic carbocycles. The monoisotopic (exact) mass is 367 g/mol. The van der Waals surface area contributed by atoms with Crippen molar-refractivity contribution in [3.05, 3.63) is 59.7 Å². The molecule has 6 nitrogen and oxygen atoms in total. The Kier molecular flexibility index (Phi) is 4.58. The van der Waals surface area contributed by atoms with Crippen LogP contribution in [0.15, 0.2) is 48.5 Å². The van der Waals surface area contributed by atoms with Gasteiger partial charge in [-0.05, 0) is 35.1 Å². The van der Waals surface area contributed by atoms with E-state index in [-0.39, 0.29) is 19.1 Å². The van der Waals surface area contributed by atoms with Crippen molar-refractivity contribution in [2.45, 2.75) is 30.9 Å². The van der Waals surface area contributed by atoms with Gasteiger partial charge in [0.05, 0.1) is 6.10 Å². The van der Waals surface area contributed by atoms with E-state index >= 15 is 0 Å². The summed E-state index contributed by atoms with van der Waals surface area (Å²) in [6, 6.07) is 14.8. The van der Waals surface area contributed by atoms with Gasteiger partial charge in [-0.1, -0.05) is 48.5 Å². The zero-order valence-corrected chi connectivity index (χ0v) is 14.7. The number of ether oxygens (including phenoxy) is 1. The first-order valence-electron chi connectivity index (χ1n) is 9.10. The van der Waals surface area contributed by atoms with Crippen molar-refractivity contribution in [1.29, 1.82) is 0 Å². The van der Waals surface area contributed by atoms with E-state index < -0.39 is 24.2 Å². The Morgan fingerprint density at radius 2 is 1.63 bits per heavy atom. The van der Waals surface area contributed by atoms with Crippen LogP contribution in [0, 0.1) is 0 Å². The number of piperidine rings is 1. The lowest BCUT2D eigenvalue weighted by Crippen LogP contribution is -2.55. The molecule has 4 rings (SSSR count). The molecule has 0 unspecified atom stereocenters. The minimum absolute atomic E-state index is 0.0839. The van der Waals surface area contributed by atoms with Gasteiger partial charge in [-0.3, -0.25) is 4.90 Å². The van der Waals surface area contributed by atoms with E-state index in [0.717, 1.165) is 27.2 Å². The number of hydrogen-bond acceptors (Lipinski definition) is 4. The highest BCUT2D eigenvalue weighted by Crippen LogP contribution is 2.44. The molecule has 1 heterocycles. The number of amides is 1. The quantitative estimate of drug-likeness (QED) is 0.871. The number of hydrogen-bond donors (Lipinski definition) is 2. The highest BCUT2D eigenvalue weighted by Gasteiger charge is 2.40. The van der Waals surface area contributed by atoms with Crippen LogP contribution >= 0.6 is 0 Å². The Morgan fingerprint density at radius 1 is 1.04 bits per heavy atom. The van der Waals surface area contributed by atoms with Gasteiger partial charge < -0.3 is 14.9 Å². The van der Waals surface area contributed by atoms with Crippen LogP contribution < -0.4 is 0 Å². The number of benzene rings is 2. The number of nitrogens with zero attached hydrogens (tertiary/aromatic N) is 1. The lowest BCUT2D eigenvalue weighted by molar-refractivity contribution is -0.149. The molecule has 0 aromatic heterocycles. The van der Waals surface area contributed by atoms with E-state index in [2.05, 4.69) is 12.1 Å². The molecule has 2 atom stereocenters. The fourth-order valence-electron chi connectivity index (χ4n) is 4.16. The maximum atomic E-state index is 12.6. The predicted octanol–water partition coefficient (Wildman–Crippen LogP) is 2.85. The second-order valence-corrected chi connectivity index (χ2v) is 6.99. The Morgan fingerprint density at radius 3 is 2.22 bits per heavy atom. The third-order valence-corrected chi connectivity index (χ3v) is 5.42. The van der Waals surface area contributed by atoms with E-state index in [0.29, 0.717) is 12.8 Å². The largest absolute Gasteiger partial charge is 0.480 e. The van der Waals surface area contributed by atoms with Crippen molar-refractivity contribution >= 4 is 12.1 Å². The summed E-state index contributed by atoms with van der Waals surface area (Å²) in [4.78, 5) is 25.2. The fraction of sp³-hybridized carbons (Fsp3) is 0.333. The Balaban J connectivity index is 1.53. The summed E-state index contributed by atoms with van der Waals surface area (Å²) in [7, 11) is 0. The molecule has 1 aliphatic heterocycles. The van der Waals surface area contributed by atoms with Crippen molar-refractivity contribution in [2.75, 3.05) is 13.2 Å². The average Bonchev–Trinajstić information content (AvgIpc) is 2.99. The average molecular weight is 367 g/mol. The van der Waals surface area contributed by atoms with Gasteiger partial charge in [0.25, 0.3) is 0 Å². The Bertz CT molecular complexity index is 835. The maximum absolute atomic E-state index is 12.6. The van der Waals surface area contributed by atoms with Crippen LogP contribution in [0.25, 0.3) is 11.1 Å². The highest BCUT2D eigenvalue weighted by atomic mass is 16.6. The van der Waals surface area contributed by atoms with E-state index in [1.54, 1.807) is 0 Å². The molecule has 0 spiro atoms. The summed E-state index contributed by atoms with van der Waals surface area (Å²) >= 11 is 0. The first-order valence-corrected chi connectivity index (χ1v) is 9.10. The molecule has 0 saturated carbocycles. The maximum Gasteiger partial charge on any atom is 0.410 e.